The Bertz CT molecular complexity index is 932. The molecule has 0 saturated heterocycles. The van der Waals surface area contributed by atoms with E-state index < -0.39 is 24.4 Å². The number of hydrogen-bond donors (Lipinski definition) is 3. The maximum atomic E-state index is 12.4. The first-order valence-electron chi connectivity index (χ1n) is 15.7. The molecule has 7 atom stereocenters. The van der Waals surface area contributed by atoms with Crippen LogP contribution in [-0.2, 0) is 14.3 Å². The molecule has 0 radical (unpaired) electrons. The lowest BCUT2D eigenvalue weighted by Gasteiger charge is -2.58. The maximum absolute atomic E-state index is 12.4. The van der Waals surface area contributed by atoms with Crippen LogP contribution in [-0.4, -0.2) is 42.3 Å². The van der Waals surface area contributed by atoms with Crippen LogP contribution in [0.3, 0.4) is 0 Å². The molecule has 0 heterocycles. The second-order valence-corrected chi connectivity index (χ2v) is 13.9. The number of rotatable bonds is 11. The van der Waals surface area contributed by atoms with E-state index in [1.165, 1.54) is 63.4 Å². The molecule has 3 saturated carbocycles. The lowest BCUT2D eigenvalue weighted by Crippen LogP contribution is -2.50. The number of carbonyl (C=O) groups is 3. The molecule has 7 heteroatoms. The summed E-state index contributed by atoms with van der Waals surface area (Å²) in [5.74, 6) is 2.39. The van der Waals surface area contributed by atoms with Crippen LogP contribution in [0.15, 0.2) is 11.6 Å². The second-order valence-electron chi connectivity index (χ2n) is 13.9. The fourth-order valence-electron chi connectivity index (χ4n) is 9.01. The smallest absolute Gasteiger partial charge is 0.407 e. The number of carbonyl (C=O) groups excluding carboxylic acids is 2. The third-order valence-electron chi connectivity index (χ3n) is 11.1. The zero-order chi connectivity index (χ0) is 28.2. The van der Waals surface area contributed by atoms with E-state index in [1.807, 2.05) is 0 Å². The number of hydrogen-bond acceptors (Lipinski definition) is 4. The van der Waals surface area contributed by atoms with Gasteiger partial charge in [-0.15, -0.1) is 0 Å². The number of carboxylic acids is 1. The average Bonchev–Trinajstić information content (AvgIpc) is 3.20. The molecule has 0 aromatic carbocycles. The summed E-state index contributed by atoms with van der Waals surface area (Å²) in [6.07, 6.45) is 16.5. The second kappa shape index (κ2) is 12.6. The van der Waals surface area contributed by atoms with E-state index in [2.05, 4.69) is 44.4 Å². The number of unbranched alkanes of at least 4 members (excludes halogenated alkanes) is 1. The number of carboxylic acid groups (broad SMARTS) is 1. The van der Waals surface area contributed by atoms with Crippen molar-refractivity contribution in [3.63, 3.8) is 0 Å². The zero-order valence-corrected chi connectivity index (χ0v) is 24.7. The normalized spacial score (nSPS) is 35.3. The van der Waals surface area contributed by atoms with E-state index in [-0.39, 0.29) is 24.6 Å². The third kappa shape index (κ3) is 6.82. The first-order chi connectivity index (χ1) is 18.5. The van der Waals surface area contributed by atoms with Gasteiger partial charge in [0, 0.05) is 19.5 Å². The van der Waals surface area contributed by atoms with Crippen molar-refractivity contribution >= 4 is 18.0 Å². The summed E-state index contributed by atoms with van der Waals surface area (Å²) in [4.78, 5) is 34.3. The van der Waals surface area contributed by atoms with Gasteiger partial charge in [0.2, 0.25) is 5.91 Å². The maximum Gasteiger partial charge on any atom is 0.407 e. The molecule has 4 aliphatic carbocycles. The van der Waals surface area contributed by atoms with Crippen molar-refractivity contribution in [1.82, 2.24) is 10.6 Å². The molecule has 7 nitrogen and oxygen atoms in total. The number of alkyl carbamates (subject to hydrolysis) is 1. The highest BCUT2D eigenvalue weighted by molar-refractivity contribution is 5.93. The molecule has 3 N–H and O–H groups in total. The van der Waals surface area contributed by atoms with Crippen LogP contribution in [0.4, 0.5) is 4.79 Å². The summed E-state index contributed by atoms with van der Waals surface area (Å²) in [6, 6.07) is 0. The Morgan fingerprint density at radius 3 is 2.54 bits per heavy atom. The first kappa shape index (κ1) is 29.9. The molecule has 0 aromatic rings. The van der Waals surface area contributed by atoms with E-state index in [4.69, 9.17) is 9.84 Å². The lowest BCUT2D eigenvalue weighted by atomic mass is 9.47. The van der Waals surface area contributed by atoms with E-state index in [0.717, 1.165) is 48.9 Å². The minimum atomic E-state index is -1.17. The van der Waals surface area contributed by atoms with Crippen molar-refractivity contribution < 1.29 is 24.2 Å². The minimum absolute atomic E-state index is 0.113. The molecular formula is C32H52N2O5. The summed E-state index contributed by atoms with van der Waals surface area (Å²) >= 11 is 0. The van der Waals surface area contributed by atoms with E-state index in [0.29, 0.717) is 5.41 Å². The number of nitrogens with one attached hydrogen (secondary N) is 2. The number of fused-ring (bicyclic) bond motifs is 5. The zero-order valence-electron chi connectivity index (χ0n) is 24.7. The van der Waals surface area contributed by atoms with Crippen LogP contribution in [0.25, 0.3) is 0 Å². The summed E-state index contributed by atoms with van der Waals surface area (Å²) in [7, 11) is 0. The van der Waals surface area contributed by atoms with E-state index >= 15 is 0 Å². The van der Waals surface area contributed by atoms with Gasteiger partial charge in [0.15, 0.2) is 0 Å². The van der Waals surface area contributed by atoms with Crippen molar-refractivity contribution in [2.24, 2.45) is 40.4 Å². The van der Waals surface area contributed by atoms with Gasteiger partial charge >= 0.3 is 12.1 Å². The van der Waals surface area contributed by atoms with Crippen LogP contribution in [0.1, 0.15) is 111 Å². The van der Waals surface area contributed by atoms with Crippen molar-refractivity contribution in [3.05, 3.63) is 11.6 Å². The van der Waals surface area contributed by atoms with Crippen molar-refractivity contribution in [3.8, 4) is 0 Å². The fraction of sp³-hybridized carbons (Fsp3) is 0.844. The van der Waals surface area contributed by atoms with Crippen LogP contribution in [0.2, 0.25) is 0 Å². The molecule has 0 spiro atoms. The number of aliphatic carboxylic acids is 1. The molecule has 4 aliphatic rings. The molecule has 3 fully saturated rings. The monoisotopic (exact) mass is 544 g/mol. The summed E-state index contributed by atoms with van der Waals surface area (Å²) < 4.78 is 5.76. The number of ether oxygens (including phenoxy) is 1. The van der Waals surface area contributed by atoms with Crippen LogP contribution >= 0.6 is 0 Å². The molecule has 4 rings (SSSR count). The molecular weight excluding hydrogens is 492 g/mol. The van der Waals surface area contributed by atoms with Gasteiger partial charge in [-0.05, 0) is 91.8 Å². The number of amides is 2. The van der Waals surface area contributed by atoms with Gasteiger partial charge in [-0.3, -0.25) is 9.59 Å². The molecule has 39 heavy (non-hydrogen) atoms. The SMILES string of the molecule is CC(C)CCCCC1CCC2C3CC=C4CC(OC(=O)NCCNC(=O)CC(=O)O)CCC4(C)C3CCC12C. The van der Waals surface area contributed by atoms with Crippen LogP contribution in [0, 0.1) is 40.4 Å². The molecule has 0 aliphatic heterocycles. The summed E-state index contributed by atoms with van der Waals surface area (Å²) in [5, 5.41) is 13.8. The fourth-order valence-corrected chi connectivity index (χ4v) is 9.01. The van der Waals surface area contributed by atoms with E-state index in [9.17, 15) is 14.4 Å². The molecule has 220 valence electrons. The minimum Gasteiger partial charge on any atom is -0.481 e. The Hall–Kier alpha value is -2.05. The average molecular weight is 545 g/mol. The van der Waals surface area contributed by atoms with Crippen molar-refractivity contribution in [1.29, 1.82) is 0 Å². The predicted molar refractivity (Wildman–Crippen MR) is 152 cm³/mol. The topological polar surface area (TPSA) is 105 Å². The first-order valence-corrected chi connectivity index (χ1v) is 15.7. The predicted octanol–water partition coefficient (Wildman–Crippen LogP) is 6.47. The summed E-state index contributed by atoms with van der Waals surface area (Å²) in [5.41, 5.74) is 2.25. The van der Waals surface area contributed by atoms with Gasteiger partial charge in [0.25, 0.3) is 0 Å². The summed E-state index contributed by atoms with van der Waals surface area (Å²) in [6.45, 7) is 10.2. The lowest BCUT2D eigenvalue weighted by molar-refractivity contribution is -0.140. The highest BCUT2D eigenvalue weighted by Gasteiger charge is 2.58. The highest BCUT2D eigenvalue weighted by Crippen LogP contribution is 2.66. The van der Waals surface area contributed by atoms with E-state index in [1.54, 1.807) is 0 Å². The quantitative estimate of drug-likeness (QED) is 0.157. The van der Waals surface area contributed by atoms with Crippen LogP contribution in [0.5, 0.6) is 0 Å². The van der Waals surface area contributed by atoms with Gasteiger partial charge in [-0.1, -0.05) is 58.6 Å². The van der Waals surface area contributed by atoms with Crippen molar-refractivity contribution in [2.75, 3.05) is 13.1 Å². The van der Waals surface area contributed by atoms with Gasteiger partial charge < -0.3 is 20.5 Å². The molecule has 0 aromatic heterocycles. The molecule has 0 bridgehead atoms. The van der Waals surface area contributed by atoms with Crippen LogP contribution < -0.4 is 10.6 Å². The Morgan fingerprint density at radius 1 is 1.03 bits per heavy atom. The largest absolute Gasteiger partial charge is 0.481 e. The third-order valence-corrected chi connectivity index (χ3v) is 11.1. The Morgan fingerprint density at radius 2 is 1.79 bits per heavy atom. The Labute approximate surface area is 235 Å². The molecule has 2 amide bonds. The van der Waals surface area contributed by atoms with Crippen molar-refractivity contribution in [2.45, 2.75) is 117 Å². The Kier molecular flexibility index (Phi) is 9.69. The van der Waals surface area contributed by atoms with Gasteiger partial charge in [-0.2, -0.15) is 0 Å². The molecule has 7 unspecified atom stereocenters. The highest BCUT2D eigenvalue weighted by atomic mass is 16.6. The standard InChI is InChI=1S/C32H52N2O5/c1-21(2)7-5-6-8-22-10-12-26-25-11-9-23-19-24(13-15-32(23,4)27(25)14-16-31(22,26)3)39-30(38)34-18-17-33-28(35)20-29(36)37/h9,21-22,24-27H,5-8,10-20H2,1-4H3,(H,33,35)(H,34,38)(H,36,37). The van der Waals surface area contributed by atoms with Gasteiger partial charge in [0.05, 0.1) is 0 Å². The van der Waals surface area contributed by atoms with Gasteiger partial charge in [0.1, 0.15) is 12.5 Å². The Balaban J connectivity index is 1.27. The van der Waals surface area contributed by atoms with Gasteiger partial charge in [-0.25, -0.2) is 4.79 Å². The number of allylic oxidation sites excluding steroid dienone is 1.